The number of likely N-dealkylation sites (tertiary alicyclic amines) is 1. The molecular weight excluding hydrogens is 388 g/mol. The Morgan fingerprint density at radius 2 is 1.97 bits per heavy atom. The largest absolute Gasteiger partial charge is 0.342 e. The van der Waals surface area contributed by atoms with Gasteiger partial charge in [0.2, 0.25) is 11.9 Å². The monoisotopic (exact) mass is 420 g/mol. The molecule has 0 N–H and O–H groups in total. The number of hydrogen-bond acceptors (Lipinski definition) is 5. The number of allylic oxidation sites excluding steroid dienone is 2. The highest BCUT2D eigenvalue weighted by Crippen LogP contribution is 2.34. The first kappa shape index (κ1) is 20.2. The lowest BCUT2D eigenvalue weighted by Crippen LogP contribution is -2.42. The van der Waals surface area contributed by atoms with Crippen molar-refractivity contribution in [2.24, 2.45) is 13.0 Å². The number of hydrogen-bond donors (Lipinski definition) is 0. The molecule has 164 valence electrons. The van der Waals surface area contributed by atoms with E-state index in [1.54, 1.807) is 0 Å². The van der Waals surface area contributed by atoms with Crippen molar-refractivity contribution in [3.8, 4) is 11.3 Å². The molecule has 2 atom stereocenters. The van der Waals surface area contributed by atoms with Crippen LogP contribution < -0.4 is 4.90 Å². The van der Waals surface area contributed by atoms with Crippen molar-refractivity contribution >= 4 is 11.9 Å². The Balaban J connectivity index is 1.38. The predicted molar refractivity (Wildman–Crippen MR) is 121 cm³/mol. The molecule has 0 spiro atoms. The maximum Gasteiger partial charge on any atom is 0.226 e. The molecule has 0 radical (unpaired) electrons. The third kappa shape index (κ3) is 4.23. The van der Waals surface area contributed by atoms with E-state index >= 15 is 0 Å². The zero-order valence-corrected chi connectivity index (χ0v) is 18.4. The summed E-state index contributed by atoms with van der Waals surface area (Å²) in [4.78, 5) is 26.9. The standard InChI is InChI=1S/C24H32N6O/c1-28-17-20(21-11-12-25-24(26-21)29-13-5-6-14-29)22(27-28)19-10-7-15-30(16-19)23(31)18-8-3-2-4-9-18/h2-3,11-12,17-19H,4-10,13-16H2,1H3/t18-,19-/m1/s1. The molecule has 5 rings (SSSR count). The van der Waals surface area contributed by atoms with Gasteiger partial charge in [0.1, 0.15) is 0 Å². The van der Waals surface area contributed by atoms with E-state index in [0.717, 1.165) is 81.2 Å². The topological polar surface area (TPSA) is 67.2 Å². The smallest absolute Gasteiger partial charge is 0.226 e. The summed E-state index contributed by atoms with van der Waals surface area (Å²) >= 11 is 0. The number of anilines is 1. The fraction of sp³-hybridized carbons (Fsp3) is 0.583. The molecule has 0 aromatic carbocycles. The number of nitrogens with zero attached hydrogens (tertiary/aromatic N) is 6. The second kappa shape index (κ2) is 8.81. The molecule has 3 aliphatic rings. The summed E-state index contributed by atoms with van der Waals surface area (Å²) < 4.78 is 1.88. The van der Waals surface area contributed by atoms with Gasteiger partial charge in [0.15, 0.2) is 0 Å². The van der Waals surface area contributed by atoms with Crippen LogP contribution in [0.5, 0.6) is 0 Å². The van der Waals surface area contributed by atoms with Gasteiger partial charge in [0, 0.05) is 63.0 Å². The van der Waals surface area contributed by atoms with E-state index in [4.69, 9.17) is 10.1 Å². The molecular formula is C24H32N6O. The van der Waals surface area contributed by atoms with Gasteiger partial charge in [-0.15, -0.1) is 0 Å². The highest BCUT2D eigenvalue weighted by atomic mass is 16.2. The van der Waals surface area contributed by atoms with E-state index in [1.807, 2.05) is 24.0 Å². The summed E-state index contributed by atoms with van der Waals surface area (Å²) in [6, 6.07) is 1.99. The third-order valence-corrected chi connectivity index (χ3v) is 6.90. The fourth-order valence-electron chi connectivity index (χ4n) is 5.25. The van der Waals surface area contributed by atoms with Crippen LogP contribution >= 0.6 is 0 Å². The van der Waals surface area contributed by atoms with Crippen molar-refractivity contribution < 1.29 is 4.79 Å². The van der Waals surface area contributed by atoms with Crippen LogP contribution in [0.25, 0.3) is 11.3 Å². The molecule has 2 saturated heterocycles. The first-order valence-corrected chi connectivity index (χ1v) is 11.7. The summed E-state index contributed by atoms with van der Waals surface area (Å²) in [7, 11) is 1.97. The lowest BCUT2D eigenvalue weighted by molar-refractivity contribution is -0.137. The molecule has 7 nitrogen and oxygen atoms in total. The molecule has 1 amide bonds. The van der Waals surface area contributed by atoms with Gasteiger partial charge in [-0.3, -0.25) is 9.48 Å². The van der Waals surface area contributed by atoms with Gasteiger partial charge in [0.25, 0.3) is 0 Å². The first-order chi connectivity index (χ1) is 15.2. The van der Waals surface area contributed by atoms with Crippen LogP contribution in [0, 0.1) is 5.92 Å². The van der Waals surface area contributed by atoms with Crippen molar-refractivity contribution in [2.75, 3.05) is 31.1 Å². The van der Waals surface area contributed by atoms with Gasteiger partial charge in [0.05, 0.1) is 11.4 Å². The minimum atomic E-state index is 0.150. The Labute approximate surface area is 184 Å². The quantitative estimate of drug-likeness (QED) is 0.708. The third-order valence-electron chi connectivity index (χ3n) is 6.90. The summed E-state index contributed by atoms with van der Waals surface area (Å²) in [5.74, 6) is 1.54. The van der Waals surface area contributed by atoms with Crippen LogP contribution in [0.15, 0.2) is 30.6 Å². The fourth-order valence-corrected chi connectivity index (χ4v) is 5.25. The van der Waals surface area contributed by atoms with Crippen molar-refractivity contribution in [2.45, 2.75) is 50.9 Å². The van der Waals surface area contributed by atoms with E-state index in [9.17, 15) is 4.79 Å². The molecule has 0 bridgehead atoms. The van der Waals surface area contributed by atoms with Gasteiger partial charge in [-0.25, -0.2) is 9.97 Å². The Hall–Kier alpha value is -2.70. The first-order valence-electron chi connectivity index (χ1n) is 11.7. The molecule has 2 aromatic heterocycles. The number of amides is 1. The molecule has 4 heterocycles. The van der Waals surface area contributed by atoms with Crippen LogP contribution in [0.4, 0.5) is 5.95 Å². The Kier molecular flexibility index (Phi) is 5.74. The molecule has 2 fully saturated rings. The number of rotatable bonds is 4. The van der Waals surface area contributed by atoms with Gasteiger partial charge >= 0.3 is 0 Å². The van der Waals surface area contributed by atoms with Crippen molar-refractivity contribution in [3.63, 3.8) is 0 Å². The average molecular weight is 421 g/mol. The number of aryl methyl sites for hydroxylation is 1. The van der Waals surface area contributed by atoms with Gasteiger partial charge in [-0.2, -0.15) is 5.10 Å². The zero-order chi connectivity index (χ0) is 21.2. The maximum absolute atomic E-state index is 13.1. The van der Waals surface area contributed by atoms with Gasteiger partial charge in [-0.1, -0.05) is 12.2 Å². The minimum Gasteiger partial charge on any atom is -0.342 e. The highest BCUT2D eigenvalue weighted by molar-refractivity contribution is 5.79. The van der Waals surface area contributed by atoms with Gasteiger partial charge < -0.3 is 9.80 Å². The zero-order valence-electron chi connectivity index (χ0n) is 18.4. The Morgan fingerprint density at radius 1 is 1.10 bits per heavy atom. The van der Waals surface area contributed by atoms with E-state index in [1.165, 1.54) is 12.8 Å². The molecule has 0 unspecified atom stereocenters. The number of aromatic nitrogens is 4. The minimum absolute atomic E-state index is 0.150. The van der Waals surface area contributed by atoms with Gasteiger partial charge in [-0.05, 0) is 51.0 Å². The van der Waals surface area contributed by atoms with Crippen LogP contribution in [0.1, 0.15) is 56.6 Å². The molecule has 0 saturated carbocycles. The lowest BCUT2D eigenvalue weighted by Gasteiger charge is -2.35. The number of carbonyl (C=O) groups excluding carboxylic acids is 1. The summed E-state index contributed by atoms with van der Waals surface area (Å²) in [5, 5.41) is 4.84. The Morgan fingerprint density at radius 3 is 2.77 bits per heavy atom. The molecule has 2 aromatic rings. The predicted octanol–water partition coefficient (Wildman–Crippen LogP) is 3.54. The highest BCUT2D eigenvalue weighted by Gasteiger charge is 2.32. The second-order valence-corrected chi connectivity index (χ2v) is 9.14. The molecule has 31 heavy (non-hydrogen) atoms. The second-order valence-electron chi connectivity index (χ2n) is 9.14. The van der Waals surface area contributed by atoms with Crippen LogP contribution in [0.3, 0.4) is 0 Å². The molecule has 7 heteroatoms. The van der Waals surface area contributed by atoms with Crippen LogP contribution in [-0.4, -0.2) is 56.7 Å². The van der Waals surface area contributed by atoms with E-state index in [2.05, 4.69) is 33.1 Å². The van der Waals surface area contributed by atoms with Crippen molar-refractivity contribution in [3.05, 3.63) is 36.3 Å². The van der Waals surface area contributed by atoms with E-state index in [-0.39, 0.29) is 11.8 Å². The molecule has 1 aliphatic carbocycles. The normalized spacial score (nSPS) is 24.0. The van der Waals surface area contributed by atoms with Crippen LogP contribution in [-0.2, 0) is 11.8 Å². The summed E-state index contributed by atoms with van der Waals surface area (Å²) in [6.07, 6.45) is 15.7. The Bertz CT molecular complexity index is 961. The summed E-state index contributed by atoms with van der Waals surface area (Å²) in [6.45, 7) is 3.68. The number of piperidine rings is 1. The molecule has 2 aliphatic heterocycles. The average Bonchev–Trinajstić information content (AvgIpc) is 3.49. The maximum atomic E-state index is 13.1. The van der Waals surface area contributed by atoms with E-state index in [0.29, 0.717) is 5.91 Å². The SMILES string of the molecule is Cn1cc(-c2ccnc(N3CCCC3)n2)c([C@@H]2CCCN(C(=O)[C@@H]3CC=CCC3)C2)n1. The van der Waals surface area contributed by atoms with E-state index < -0.39 is 0 Å². The van der Waals surface area contributed by atoms with Crippen molar-refractivity contribution in [1.29, 1.82) is 0 Å². The summed E-state index contributed by atoms with van der Waals surface area (Å²) in [5.41, 5.74) is 3.07. The van der Waals surface area contributed by atoms with Crippen LogP contribution in [0.2, 0.25) is 0 Å². The number of carbonyl (C=O) groups is 1. The van der Waals surface area contributed by atoms with Crippen molar-refractivity contribution in [1.82, 2.24) is 24.6 Å². The lowest BCUT2D eigenvalue weighted by atomic mass is 9.89.